The Hall–Kier alpha value is -1.30. The summed E-state index contributed by atoms with van der Waals surface area (Å²) in [6.45, 7) is 2.38. The van der Waals surface area contributed by atoms with Gasteiger partial charge >= 0.3 is 6.18 Å². The molecular weight excluding hydrogens is 456 g/mol. The minimum atomic E-state index is -4.19. The smallest absolute Gasteiger partial charge is 0.390 e. The number of nitrogens with zero attached hydrogens (tertiary/aromatic N) is 2. The summed E-state index contributed by atoms with van der Waals surface area (Å²) in [7, 11) is 0. The number of rotatable bonds is 6. The highest BCUT2D eigenvalue weighted by Crippen LogP contribution is 2.23. The Morgan fingerprint density at radius 3 is 2.79 bits per heavy atom. The van der Waals surface area contributed by atoms with E-state index in [0.717, 1.165) is 4.88 Å². The Labute approximate surface area is 158 Å². The summed E-state index contributed by atoms with van der Waals surface area (Å²) in [4.78, 5) is 9.42. The molecule has 134 valence electrons. The van der Waals surface area contributed by atoms with Gasteiger partial charge in [0.2, 0.25) is 5.89 Å². The zero-order valence-corrected chi connectivity index (χ0v) is 16.0. The first kappa shape index (κ1) is 20.7. The summed E-state index contributed by atoms with van der Waals surface area (Å²) in [5.41, 5.74) is 0.612. The number of oxazole rings is 1. The molecule has 24 heavy (non-hydrogen) atoms. The number of aromatic nitrogens is 1. The molecule has 0 aliphatic rings. The van der Waals surface area contributed by atoms with E-state index in [2.05, 4.69) is 20.6 Å². The maximum Gasteiger partial charge on any atom is 0.390 e. The van der Waals surface area contributed by atoms with Crippen LogP contribution in [0, 0.1) is 0 Å². The van der Waals surface area contributed by atoms with E-state index in [1.165, 1.54) is 17.6 Å². The molecule has 2 aromatic heterocycles. The lowest BCUT2D eigenvalue weighted by atomic mass is 10.4. The fourth-order valence-corrected chi connectivity index (χ4v) is 2.37. The van der Waals surface area contributed by atoms with Crippen LogP contribution in [0.15, 0.2) is 33.2 Å². The second-order valence-corrected chi connectivity index (χ2v) is 5.56. The minimum absolute atomic E-state index is 0. The van der Waals surface area contributed by atoms with Crippen molar-refractivity contribution >= 4 is 41.3 Å². The van der Waals surface area contributed by atoms with Crippen molar-refractivity contribution in [2.45, 2.75) is 26.1 Å². The third-order valence-electron chi connectivity index (χ3n) is 2.73. The molecule has 0 aliphatic heterocycles. The number of nitrogens with one attached hydrogen (secondary N) is 2. The Morgan fingerprint density at radius 1 is 1.38 bits per heavy atom. The topological polar surface area (TPSA) is 62.5 Å². The molecule has 0 fully saturated rings. The van der Waals surface area contributed by atoms with Gasteiger partial charge in [-0.3, -0.25) is 0 Å². The maximum atomic E-state index is 12.2. The van der Waals surface area contributed by atoms with E-state index in [1.807, 2.05) is 24.4 Å². The second-order valence-electron chi connectivity index (χ2n) is 4.61. The van der Waals surface area contributed by atoms with Gasteiger partial charge in [0.15, 0.2) is 5.96 Å². The standard InChI is InChI=1S/C14H17F3N4OS.HI/c1-2-18-13(19-6-5-14(15,16)17)20-8-10-9-22-12(21-10)11-4-3-7-23-11;/h3-4,7,9H,2,5-6,8H2,1H3,(H2,18,19,20);1H. The van der Waals surface area contributed by atoms with Crippen LogP contribution in [0.4, 0.5) is 13.2 Å². The Kier molecular flexibility index (Phi) is 8.53. The van der Waals surface area contributed by atoms with Gasteiger partial charge in [-0.25, -0.2) is 9.98 Å². The highest BCUT2D eigenvalue weighted by Gasteiger charge is 2.26. The molecule has 0 saturated carbocycles. The molecular formula is C14H18F3IN4OS. The van der Waals surface area contributed by atoms with Crippen molar-refractivity contribution in [2.24, 2.45) is 4.99 Å². The van der Waals surface area contributed by atoms with E-state index in [-0.39, 0.29) is 37.1 Å². The van der Waals surface area contributed by atoms with Crippen LogP contribution in [0.25, 0.3) is 10.8 Å². The molecule has 2 N–H and O–H groups in total. The van der Waals surface area contributed by atoms with Crippen LogP contribution >= 0.6 is 35.3 Å². The number of halogens is 4. The van der Waals surface area contributed by atoms with Crippen LogP contribution in [-0.4, -0.2) is 30.2 Å². The van der Waals surface area contributed by atoms with Gasteiger partial charge in [-0.1, -0.05) is 6.07 Å². The fourth-order valence-electron chi connectivity index (χ4n) is 1.72. The predicted octanol–water partition coefficient (Wildman–Crippen LogP) is 4.03. The second kappa shape index (κ2) is 9.87. The molecule has 0 saturated heterocycles. The lowest BCUT2D eigenvalue weighted by Gasteiger charge is -2.12. The number of guanidine groups is 1. The van der Waals surface area contributed by atoms with Crippen molar-refractivity contribution in [1.82, 2.24) is 15.6 Å². The first-order chi connectivity index (χ1) is 11.0. The fraction of sp³-hybridized carbons (Fsp3) is 0.429. The quantitative estimate of drug-likeness (QED) is 0.377. The lowest BCUT2D eigenvalue weighted by molar-refractivity contribution is -0.132. The number of aliphatic imine (C=N–C) groups is 1. The number of thiophene rings is 1. The third kappa shape index (κ3) is 7.07. The molecule has 0 amide bonds. The van der Waals surface area contributed by atoms with Crippen molar-refractivity contribution in [3.63, 3.8) is 0 Å². The van der Waals surface area contributed by atoms with Gasteiger partial charge < -0.3 is 15.1 Å². The highest BCUT2D eigenvalue weighted by molar-refractivity contribution is 14.0. The van der Waals surface area contributed by atoms with Crippen LogP contribution in [0.3, 0.4) is 0 Å². The highest BCUT2D eigenvalue weighted by atomic mass is 127. The van der Waals surface area contributed by atoms with Crippen molar-refractivity contribution < 1.29 is 17.6 Å². The van der Waals surface area contributed by atoms with Crippen molar-refractivity contribution in [2.75, 3.05) is 13.1 Å². The van der Waals surface area contributed by atoms with Gasteiger partial charge in [0.1, 0.15) is 12.0 Å². The first-order valence-electron chi connectivity index (χ1n) is 7.05. The summed E-state index contributed by atoms with van der Waals surface area (Å²) in [6.07, 6.45) is -3.60. The van der Waals surface area contributed by atoms with Gasteiger partial charge in [0.25, 0.3) is 0 Å². The molecule has 0 atom stereocenters. The molecule has 0 aromatic carbocycles. The number of hydrogen-bond donors (Lipinski definition) is 2. The molecule has 0 radical (unpaired) electrons. The van der Waals surface area contributed by atoms with E-state index >= 15 is 0 Å². The zero-order chi connectivity index (χ0) is 16.7. The maximum absolute atomic E-state index is 12.2. The van der Waals surface area contributed by atoms with Gasteiger partial charge in [0, 0.05) is 13.1 Å². The summed E-state index contributed by atoms with van der Waals surface area (Å²) in [5.74, 6) is 0.831. The molecule has 0 bridgehead atoms. The average molecular weight is 474 g/mol. The van der Waals surface area contributed by atoms with Crippen LogP contribution < -0.4 is 10.6 Å². The van der Waals surface area contributed by atoms with Gasteiger partial charge in [0.05, 0.1) is 17.8 Å². The molecule has 5 nitrogen and oxygen atoms in total. The monoisotopic (exact) mass is 474 g/mol. The Balaban J connectivity index is 0.00000288. The third-order valence-corrected chi connectivity index (χ3v) is 3.59. The largest absolute Gasteiger partial charge is 0.443 e. The van der Waals surface area contributed by atoms with Crippen molar-refractivity contribution in [3.8, 4) is 10.8 Å². The molecule has 2 rings (SSSR count). The van der Waals surface area contributed by atoms with Crippen molar-refractivity contribution in [3.05, 3.63) is 29.5 Å². The van der Waals surface area contributed by atoms with Crippen LogP contribution in [0.1, 0.15) is 19.0 Å². The van der Waals surface area contributed by atoms with Crippen molar-refractivity contribution in [1.29, 1.82) is 0 Å². The summed E-state index contributed by atoms with van der Waals surface area (Å²) in [5, 5.41) is 7.45. The average Bonchev–Trinajstić information content (AvgIpc) is 3.14. The van der Waals surface area contributed by atoms with E-state index in [0.29, 0.717) is 24.1 Å². The predicted molar refractivity (Wildman–Crippen MR) is 98.7 cm³/mol. The minimum Gasteiger partial charge on any atom is -0.443 e. The molecule has 0 aliphatic carbocycles. The van der Waals surface area contributed by atoms with Crippen LogP contribution in [0.5, 0.6) is 0 Å². The summed E-state index contributed by atoms with van der Waals surface area (Å²) >= 11 is 1.51. The van der Waals surface area contributed by atoms with Gasteiger partial charge in [-0.2, -0.15) is 13.2 Å². The number of alkyl halides is 3. The first-order valence-corrected chi connectivity index (χ1v) is 7.93. The Morgan fingerprint density at radius 2 is 2.17 bits per heavy atom. The van der Waals surface area contributed by atoms with Gasteiger partial charge in [-0.15, -0.1) is 35.3 Å². The van der Waals surface area contributed by atoms with Crippen LogP contribution in [-0.2, 0) is 6.54 Å². The normalized spacial score (nSPS) is 11.9. The SMILES string of the molecule is CCNC(=NCc1coc(-c2cccs2)n1)NCCC(F)(F)F.I. The lowest BCUT2D eigenvalue weighted by Crippen LogP contribution is -2.38. The van der Waals surface area contributed by atoms with Gasteiger partial charge in [-0.05, 0) is 18.4 Å². The zero-order valence-electron chi connectivity index (χ0n) is 12.9. The molecule has 10 heteroatoms. The van der Waals surface area contributed by atoms with E-state index in [4.69, 9.17) is 4.42 Å². The molecule has 0 unspecified atom stereocenters. The van der Waals surface area contributed by atoms with E-state index in [9.17, 15) is 13.2 Å². The molecule has 2 aromatic rings. The number of hydrogen-bond acceptors (Lipinski definition) is 4. The molecule has 2 heterocycles. The van der Waals surface area contributed by atoms with E-state index in [1.54, 1.807) is 0 Å². The van der Waals surface area contributed by atoms with Crippen LogP contribution in [0.2, 0.25) is 0 Å². The summed E-state index contributed by atoms with van der Waals surface area (Å²) in [6, 6.07) is 3.79. The van der Waals surface area contributed by atoms with E-state index < -0.39 is 12.6 Å². The molecule has 0 spiro atoms. The Bertz CT molecular complexity index is 628. The summed E-state index contributed by atoms with van der Waals surface area (Å²) < 4.78 is 41.8.